The van der Waals surface area contributed by atoms with Gasteiger partial charge < -0.3 is 11.5 Å². The molecule has 1 aromatic carbocycles. The molecular weight excluding hydrogens is 292 g/mol. The highest BCUT2D eigenvalue weighted by Gasteiger charge is 2.22. The van der Waals surface area contributed by atoms with Gasteiger partial charge in [0, 0.05) is 5.54 Å². The van der Waals surface area contributed by atoms with Gasteiger partial charge in [-0.15, -0.1) is 0 Å². The minimum absolute atomic E-state index is 0.108. The quantitative estimate of drug-likeness (QED) is 0.514. The molecule has 1 heterocycles. The lowest BCUT2D eigenvalue weighted by Crippen LogP contribution is -2.28. The number of nitrogens with two attached hydrogens (primary N) is 2. The molecule has 0 aliphatic carbocycles. The summed E-state index contributed by atoms with van der Waals surface area (Å²) in [6.07, 6.45) is 0. The molecule has 21 heavy (non-hydrogen) atoms. The van der Waals surface area contributed by atoms with Crippen molar-refractivity contribution in [2.24, 2.45) is 5.73 Å². The van der Waals surface area contributed by atoms with Crippen LogP contribution in [0.15, 0.2) is 30.3 Å². The molecule has 1 aromatic heterocycles. The van der Waals surface area contributed by atoms with E-state index in [1.54, 1.807) is 12.1 Å². The van der Waals surface area contributed by atoms with E-state index >= 15 is 0 Å². The number of halogens is 1. The monoisotopic (exact) mass is 306 g/mol. The Kier molecular flexibility index (Phi) is 3.85. The zero-order valence-corrected chi connectivity index (χ0v) is 12.4. The molecule has 0 aliphatic heterocycles. The van der Waals surface area contributed by atoms with Crippen LogP contribution < -0.4 is 11.5 Å². The van der Waals surface area contributed by atoms with Crippen molar-refractivity contribution in [1.29, 1.82) is 0 Å². The Labute approximate surface area is 126 Å². The third-order valence-corrected chi connectivity index (χ3v) is 3.30. The van der Waals surface area contributed by atoms with E-state index in [9.17, 15) is 10.1 Å². The lowest BCUT2D eigenvalue weighted by molar-refractivity contribution is -0.383. The van der Waals surface area contributed by atoms with Crippen LogP contribution >= 0.6 is 11.6 Å². The number of hydrogen-bond donors (Lipinski definition) is 2. The second kappa shape index (κ2) is 5.31. The van der Waals surface area contributed by atoms with E-state index in [1.165, 1.54) is 6.07 Å². The fourth-order valence-corrected chi connectivity index (χ4v) is 2.22. The Balaban J connectivity index is 2.59. The predicted octanol–water partition coefficient (Wildman–Crippen LogP) is 3.09. The Bertz CT molecular complexity index is 693. The SMILES string of the molecule is CC(C)(N)c1ccc(-c2cc(Cl)nc(N)c2[N+](=O)[O-])cc1. The van der Waals surface area contributed by atoms with Crippen LogP contribution in [0.4, 0.5) is 11.5 Å². The molecule has 6 nitrogen and oxygen atoms in total. The first-order valence-electron chi connectivity index (χ1n) is 6.20. The largest absolute Gasteiger partial charge is 0.378 e. The molecular formula is C14H15ClN4O2. The van der Waals surface area contributed by atoms with Crippen molar-refractivity contribution in [3.05, 3.63) is 51.2 Å². The minimum Gasteiger partial charge on any atom is -0.378 e. The third kappa shape index (κ3) is 3.12. The number of anilines is 1. The van der Waals surface area contributed by atoms with Crippen LogP contribution in [-0.4, -0.2) is 9.91 Å². The van der Waals surface area contributed by atoms with Crippen LogP contribution in [0.5, 0.6) is 0 Å². The van der Waals surface area contributed by atoms with Crippen molar-refractivity contribution >= 4 is 23.1 Å². The summed E-state index contributed by atoms with van der Waals surface area (Å²) >= 11 is 5.85. The van der Waals surface area contributed by atoms with Crippen LogP contribution in [0, 0.1) is 10.1 Å². The van der Waals surface area contributed by atoms with E-state index in [4.69, 9.17) is 23.1 Å². The second-order valence-electron chi connectivity index (χ2n) is 5.28. The summed E-state index contributed by atoms with van der Waals surface area (Å²) in [7, 11) is 0. The Morgan fingerprint density at radius 2 is 1.86 bits per heavy atom. The van der Waals surface area contributed by atoms with Gasteiger partial charge in [-0.05, 0) is 31.0 Å². The number of aromatic nitrogens is 1. The predicted molar refractivity (Wildman–Crippen MR) is 83.0 cm³/mol. The molecule has 0 fully saturated rings. The van der Waals surface area contributed by atoms with E-state index in [0.717, 1.165) is 5.56 Å². The van der Waals surface area contributed by atoms with Crippen LogP contribution in [0.25, 0.3) is 11.1 Å². The normalized spacial score (nSPS) is 11.4. The Hall–Kier alpha value is -2.18. The van der Waals surface area contributed by atoms with Crippen LogP contribution in [0.3, 0.4) is 0 Å². The maximum Gasteiger partial charge on any atom is 0.319 e. The minimum atomic E-state index is -0.561. The molecule has 0 saturated carbocycles. The summed E-state index contributed by atoms with van der Waals surface area (Å²) < 4.78 is 0. The van der Waals surface area contributed by atoms with Gasteiger partial charge in [-0.1, -0.05) is 35.9 Å². The molecule has 110 valence electrons. The number of nitro groups is 1. The number of hydrogen-bond acceptors (Lipinski definition) is 5. The van der Waals surface area contributed by atoms with E-state index in [0.29, 0.717) is 11.1 Å². The molecule has 0 spiro atoms. The highest BCUT2D eigenvalue weighted by molar-refractivity contribution is 6.30. The Morgan fingerprint density at radius 1 is 1.29 bits per heavy atom. The Morgan fingerprint density at radius 3 is 2.33 bits per heavy atom. The topological polar surface area (TPSA) is 108 Å². The van der Waals surface area contributed by atoms with Gasteiger partial charge in [-0.25, -0.2) is 4.98 Å². The summed E-state index contributed by atoms with van der Waals surface area (Å²) in [6, 6.07) is 8.58. The summed E-state index contributed by atoms with van der Waals surface area (Å²) in [4.78, 5) is 14.3. The molecule has 0 atom stereocenters. The van der Waals surface area contributed by atoms with Gasteiger partial charge in [0.15, 0.2) is 0 Å². The molecule has 2 rings (SSSR count). The molecule has 2 aromatic rings. The number of nitrogens with zero attached hydrogens (tertiary/aromatic N) is 2. The zero-order valence-electron chi connectivity index (χ0n) is 11.6. The van der Waals surface area contributed by atoms with Crippen molar-refractivity contribution in [1.82, 2.24) is 4.98 Å². The standard InChI is InChI=1S/C14H15ClN4O2/c1-14(2,17)9-5-3-8(4-6-9)10-7-11(15)18-13(16)12(10)19(20)21/h3-7H,17H2,1-2H3,(H2,16,18). The fraction of sp³-hybridized carbons (Fsp3) is 0.214. The first-order valence-corrected chi connectivity index (χ1v) is 6.58. The van der Waals surface area contributed by atoms with Crippen molar-refractivity contribution < 1.29 is 4.92 Å². The van der Waals surface area contributed by atoms with Crippen LogP contribution in [0.2, 0.25) is 5.15 Å². The highest BCUT2D eigenvalue weighted by atomic mass is 35.5. The smallest absolute Gasteiger partial charge is 0.319 e. The second-order valence-corrected chi connectivity index (χ2v) is 5.67. The van der Waals surface area contributed by atoms with Crippen LogP contribution in [-0.2, 0) is 5.54 Å². The van der Waals surface area contributed by atoms with E-state index in [1.807, 2.05) is 26.0 Å². The fourth-order valence-electron chi connectivity index (χ4n) is 2.02. The van der Waals surface area contributed by atoms with Crippen molar-refractivity contribution in [3.63, 3.8) is 0 Å². The molecule has 0 unspecified atom stereocenters. The van der Waals surface area contributed by atoms with Gasteiger partial charge in [-0.3, -0.25) is 10.1 Å². The number of benzene rings is 1. The molecule has 0 saturated heterocycles. The summed E-state index contributed by atoms with van der Waals surface area (Å²) in [5, 5.41) is 11.3. The van der Waals surface area contributed by atoms with Gasteiger partial charge in [0.05, 0.1) is 10.5 Å². The van der Waals surface area contributed by atoms with E-state index < -0.39 is 10.5 Å². The summed E-state index contributed by atoms with van der Waals surface area (Å²) in [6.45, 7) is 3.76. The van der Waals surface area contributed by atoms with Gasteiger partial charge in [0.2, 0.25) is 5.82 Å². The molecule has 0 radical (unpaired) electrons. The van der Waals surface area contributed by atoms with Gasteiger partial charge in [-0.2, -0.15) is 0 Å². The molecule has 0 aliphatic rings. The zero-order chi connectivity index (χ0) is 15.8. The average Bonchev–Trinajstić information content (AvgIpc) is 2.36. The highest BCUT2D eigenvalue weighted by Crippen LogP contribution is 2.36. The van der Waals surface area contributed by atoms with Gasteiger partial charge in [0.25, 0.3) is 0 Å². The average molecular weight is 307 g/mol. The molecule has 4 N–H and O–H groups in total. The molecule has 0 bridgehead atoms. The maximum atomic E-state index is 11.2. The van der Waals surface area contributed by atoms with Gasteiger partial charge >= 0.3 is 5.69 Å². The van der Waals surface area contributed by atoms with E-state index in [2.05, 4.69) is 4.98 Å². The van der Waals surface area contributed by atoms with Crippen molar-refractivity contribution in [2.75, 3.05) is 5.73 Å². The third-order valence-electron chi connectivity index (χ3n) is 3.11. The molecule has 0 amide bonds. The molecule has 7 heteroatoms. The van der Waals surface area contributed by atoms with Gasteiger partial charge in [0.1, 0.15) is 5.15 Å². The first kappa shape index (κ1) is 15.2. The van der Waals surface area contributed by atoms with Crippen LogP contribution in [0.1, 0.15) is 19.4 Å². The summed E-state index contributed by atoms with van der Waals surface area (Å²) in [5.41, 5.74) is 12.8. The number of rotatable bonds is 3. The number of pyridine rings is 1. The summed E-state index contributed by atoms with van der Waals surface area (Å²) in [5.74, 6) is -0.203. The van der Waals surface area contributed by atoms with Crippen molar-refractivity contribution in [2.45, 2.75) is 19.4 Å². The maximum absolute atomic E-state index is 11.2. The first-order chi connectivity index (χ1) is 9.70. The lowest BCUT2D eigenvalue weighted by Gasteiger charge is -2.19. The number of nitrogen functional groups attached to an aromatic ring is 1. The lowest BCUT2D eigenvalue weighted by atomic mass is 9.93. The van der Waals surface area contributed by atoms with Crippen molar-refractivity contribution in [3.8, 4) is 11.1 Å². The van der Waals surface area contributed by atoms with E-state index in [-0.39, 0.29) is 16.7 Å².